The molecule has 1 aliphatic carbocycles. The Kier molecular flexibility index (Phi) is 3.33. The average molecular weight is 297 g/mol. The molecule has 2 aromatic carbocycles. The number of carbonyl (C=O) groups is 1. The molecule has 0 saturated carbocycles. The Hall–Kier alpha value is -2.07. The van der Waals surface area contributed by atoms with Crippen LogP contribution in [0.1, 0.15) is 17.2 Å². The Bertz CT molecular complexity index is 646. The van der Waals surface area contributed by atoms with Crippen molar-refractivity contribution < 1.29 is 9.22 Å². The SMILES string of the molecule is C[Si](C)(C)OC(=O)NC1c2ccccc2-c2ccccc21. The van der Waals surface area contributed by atoms with Crippen LogP contribution in [0.25, 0.3) is 11.1 Å². The van der Waals surface area contributed by atoms with Gasteiger partial charge in [-0.1, -0.05) is 48.5 Å². The van der Waals surface area contributed by atoms with Gasteiger partial charge in [0.25, 0.3) is 0 Å². The van der Waals surface area contributed by atoms with Gasteiger partial charge in [0, 0.05) is 0 Å². The largest absolute Gasteiger partial charge is 0.504 e. The first-order valence-electron chi connectivity index (χ1n) is 7.13. The monoisotopic (exact) mass is 297 g/mol. The zero-order chi connectivity index (χ0) is 15.0. The predicted molar refractivity (Wildman–Crippen MR) is 86.7 cm³/mol. The first-order valence-corrected chi connectivity index (χ1v) is 10.5. The van der Waals surface area contributed by atoms with E-state index in [9.17, 15) is 4.79 Å². The summed E-state index contributed by atoms with van der Waals surface area (Å²) in [6, 6.07) is 16.3. The van der Waals surface area contributed by atoms with Crippen molar-refractivity contribution in [1.82, 2.24) is 5.32 Å². The molecule has 4 heteroatoms. The molecule has 0 spiro atoms. The minimum atomic E-state index is -1.89. The highest BCUT2D eigenvalue weighted by atomic mass is 28.4. The van der Waals surface area contributed by atoms with E-state index >= 15 is 0 Å². The van der Waals surface area contributed by atoms with Crippen LogP contribution in [0.5, 0.6) is 0 Å². The van der Waals surface area contributed by atoms with E-state index in [1.807, 2.05) is 43.9 Å². The fraction of sp³-hybridized carbons (Fsp3) is 0.235. The van der Waals surface area contributed by atoms with Crippen molar-refractivity contribution in [3.05, 3.63) is 59.7 Å². The standard InChI is InChI=1S/C17H19NO2Si/c1-21(2,3)20-17(19)18-16-14-10-6-4-8-12(14)13-9-5-7-11-15(13)16/h4-11,16H,1-3H3,(H,18,19). The lowest BCUT2D eigenvalue weighted by Crippen LogP contribution is -2.37. The maximum Gasteiger partial charge on any atom is 0.394 e. The van der Waals surface area contributed by atoms with Gasteiger partial charge in [0.1, 0.15) is 0 Å². The second-order valence-corrected chi connectivity index (χ2v) is 10.7. The summed E-state index contributed by atoms with van der Waals surface area (Å²) in [5.41, 5.74) is 4.63. The molecule has 0 aromatic heterocycles. The molecule has 0 bridgehead atoms. The lowest BCUT2D eigenvalue weighted by molar-refractivity contribution is 0.196. The van der Waals surface area contributed by atoms with E-state index in [-0.39, 0.29) is 12.1 Å². The van der Waals surface area contributed by atoms with Crippen molar-refractivity contribution >= 4 is 14.4 Å². The Morgan fingerprint density at radius 1 is 0.952 bits per heavy atom. The Labute approximate surface area is 126 Å². The van der Waals surface area contributed by atoms with Crippen molar-refractivity contribution in [3.8, 4) is 11.1 Å². The first-order chi connectivity index (χ1) is 9.96. The summed E-state index contributed by atoms with van der Waals surface area (Å²) in [6.07, 6.45) is -0.328. The van der Waals surface area contributed by atoms with E-state index in [1.54, 1.807) is 0 Å². The lowest BCUT2D eigenvalue weighted by Gasteiger charge is -2.21. The summed E-state index contributed by atoms with van der Waals surface area (Å²) in [6.45, 7) is 6.01. The van der Waals surface area contributed by atoms with E-state index in [1.165, 1.54) is 11.1 Å². The number of fused-ring (bicyclic) bond motifs is 3. The molecule has 108 valence electrons. The van der Waals surface area contributed by atoms with Crippen LogP contribution in [0.2, 0.25) is 19.6 Å². The lowest BCUT2D eigenvalue weighted by atomic mass is 10.1. The van der Waals surface area contributed by atoms with Crippen LogP contribution in [0.4, 0.5) is 4.79 Å². The summed E-state index contributed by atoms with van der Waals surface area (Å²) < 4.78 is 5.52. The number of nitrogens with one attached hydrogen (secondary N) is 1. The maximum absolute atomic E-state index is 12.1. The van der Waals surface area contributed by atoms with E-state index < -0.39 is 8.32 Å². The molecule has 3 rings (SSSR count). The smallest absolute Gasteiger partial charge is 0.394 e. The number of hydrogen-bond acceptors (Lipinski definition) is 2. The Morgan fingerprint density at radius 3 is 1.90 bits per heavy atom. The molecule has 1 amide bonds. The Morgan fingerprint density at radius 2 is 1.43 bits per heavy atom. The van der Waals surface area contributed by atoms with Gasteiger partial charge in [-0.15, -0.1) is 0 Å². The first kappa shape index (κ1) is 13.9. The van der Waals surface area contributed by atoms with Crippen molar-refractivity contribution in [2.75, 3.05) is 0 Å². The molecule has 21 heavy (non-hydrogen) atoms. The van der Waals surface area contributed by atoms with Gasteiger partial charge in [0.05, 0.1) is 6.04 Å². The number of rotatable bonds is 2. The summed E-state index contributed by atoms with van der Waals surface area (Å²) in [5, 5.41) is 3.02. The normalized spacial score (nSPS) is 13.5. The second-order valence-electron chi connectivity index (χ2n) is 6.25. The molecule has 3 nitrogen and oxygen atoms in total. The maximum atomic E-state index is 12.1. The van der Waals surface area contributed by atoms with E-state index in [0.29, 0.717) is 0 Å². The van der Waals surface area contributed by atoms with Crippen LogP contribution >= 0.6 is 0 Å². The molecule has 0 atom stereocenters. The zero-order valence-corrected chi connectivity index (χ0v) is 13.5. The summed E-state index contributed by atoms with van der Waals surface area (Å²) in [5.74, 6) is 0. The second kappa shape index (κ2) is 5.04. The van der Waals surface area contributed by atoms with Gasteiger partial charge in [-0.3, -0.25) is 0 Å². The molecule has 0 saturated heterocycles. The van der Waals surface area contributed by atoms with Crippen molar-refractivity contribution in [2.45, 2.75) is 25.7 Å². The van der Waals surface area contributed by atoms with Gasteiger partial charge in [0.2, 0.25) is 8.32 Å². The molecule has 0 heterocycles. The summed E-state index contributed by atoms with van der Waals surface area (Å²) in [7, 11) is -1.89. The number of carbonyl (C=O) groups excluding carboxylic acids is 1. The minimum absolute atomic E-state index is 0.124. The van der Waals surface area contributed by atoms with Crippen LogP contribution in [-0.4, -0.2) is 14.4 Å². The average Bonchev–Trinajstić information content (AvgIpc) is 2.72. The molecular formula is C17H19NO2Si. The zero-order valence-electron chi connectivity index (χ0n) is 12.5. The van der Waals surface area contributed by atoms with E-state index in [4.69, 9.17) is 4.43 Å². The number of benzene rings is 2. The fourth-order valence-electron chi connectivity index (χ4n) is 2.74. The molecule has 0 aliphatic heterocycles. The highest BCUT2D eigenvalue weighted by Crippen LogP contribution is 2.42. The highest BCUT2D eigenvalue weighted by Gasteiger charge is 2.30. The van der Waals surface area contributed by atoms with Crippen molar-refractivity contribution in [1.29, 1.82) is 0 Å². The fourth-order valence-corrected chi connectivity index (χ4v) is 3.35. The van der Waals surface area contributed by atoms with Gasteiger partial charge in [-0.25, -0.2) is 4.79 Å². The van der Waals surface area contributed by atoms with Gasteiger partial charge in [0.15, 0.2) is 0 Å². The predicted octanol–water partition coefficient (Wildman–Crippen LogP) is 4.32. The van der Waals surface area contributed by atoms with Crippen LogP contribution in [0, 0.1) is 0 Å². The van der Waals surface area contributed by atoms with Crippen LogP contribution < -0.4 is 5.32 Å². The van der Waals surface area contributed by atoms with E-state index in [2.05, 4.69) is 29.6 Å². The quantitative estimate of drug-likeness (QED) is 0.838. The molecule has 0 unspecified atom stereocenters. The minimum Gasteiger partial charge on any atom is -0.504 e. The third kappa shape index (κ3) is 2.71. The Balaban J connectivity index is 1.94. The van der Waals surface area contributed by atoms with Crippen LogP contribution in [0.15, 0.2) is 48.5 Å². The molecule has 0 fully saturated rings. The molecule has 1 aliphatic rings. The number of hydrogen-bond donors (Lipinski definition) is 1. The molecule has 2 aromatic rings. The summed E-state index contributed by atoms with van der Waals surface area (Å²) in [4.78, 5) is 12.1. The van der Waals surface area contributed by atoms with Crippen molar-refractivity contribution in [2.24, 2.45) is 0 Å². The summed E-state index contributed by atoms with van der Waals surface area (Å²) >= 11 is 0. The number of amides is 1. The molecule has 0 radical (unpaired) electrons. The van der Waals surface area contributed by atoms with Gasteiger partial charge < -0.3 is 9.74 Å². The third-order valence-corrected chi connectivity index (χ3v) is 4.29. The molecule has 1 N–H and O–H groups in total. The van der Waals surface area contributed by atoms with Gasteiger partial charge >= 0.3 is 6.09 Å². The van der Waals surface area contributed by atoms with Crippen LogP contribution in [0.3, 0.4) is 0 Å². The third-order valence-electron chi connectivity index (χ3n) is 3.49. The molecular weight excluding hydrogens is 278 g/mol. The highest BCUT2D eigenvalue weighted by molar-refractivity contribution is 6.71. The van der Waals surface area contributed by atoms with Gasteiger partial charge in [-0.05, 0) is 41.9 Å². The van der Waals surface area contributed by atoms with Gasteiger partial charge in [-0.2, -0.15) is 0 Å². The van der Waals surface area contributed by atoms with Crippen LogP contribution in [-0.2, 0) is 4.43 Å². The topological polar surface area (TPSA) is 38.3 Å². The van der Waals surface area contributed by atoms with E-state index in [0.717, 1.165) is 11.1 Å². The van der Waals surface area contributed by atoms with Crippen molar-refractivity contribution in [3.63, 3.8) is 0 Å².